The van der Waals surface area contributed by atoms with Gasteiger partial charge < -0.3 is 5.32 Å². The summed E-state index contributed by atoms with van der Waals surface area (Å²) < 4.78 is 25.8. The number of benzene rings is 2. The van der Waals surface area contributed by atoms with Gasteiger partial charge in [-0.3, -0.25) is 9.48 Å². The van der Waals surface area contributed by atoms with Gasteiger partial charge in [-0.25, -0.2) is 8.42 Å². The van der Waals surface area contributed by atoms with Crippen LogP contribution >= 0.6 is 0 Å². The van der Waals surface area contributed by atoms with Crippen molar-refractivity contribution in [2.45, 2.75) is 33.2 Å². The summed E-state index contributed by atoms with van der Waals surface area (Å²) in [5, 5.41) is 7.45. The second kappa shape index (κ2) is 7.72. The van der Waals surface area contributed by atoms with Gasteiger partial charge in [-0.2, -0.15) is 5.10 Å². The second-order valence-corrected chi connectivity index (χ2v) is 10.3. The van der Waals surface area contributed by atoms with Gasteiger partial charge in [0.2, 0.25) is 0 Å². The van der Waals surface area contributed by atoms with Crippen LogP contribution in [0, 0.1) is 20.8 Å². The molecule has 6 nitrogen and oxygen atoms in total. The second-order valence-electron chi connectivity index (χ2n) is 8.11. The van der Waals surface area contributed by atoms with Gasteiger partial charge in [0.1, 0.15) is 0 Å². The first-order chi connectivity index (χ1) is 14.2. The summed E-state index contributed by atoms with van der Waals surface area (Å²) in [6, 6.07) is 15.3. The predicted octanol–water partition coefficient (Wildman–Crippen LogP) is 4.09. The van der Waals surface area contributed by atoms with E-state index in [1.165, 1.54) is 0 Å². The average Bonchev–Trinajstić information content (AvgIpc) is 3.25. The first kappa shape index (κ1) is 20.3. The van der Waals surface area contributed by atoms with E-state index in [-0.39, 0.29) is 29.1 Å². The number of aryl methyl sites for hydroxylation is 3. The van der Waals surface area contributed by atoms with Crippen molar-refractivity contribution in [2.75, 3.05) is 16.8 Å². The number of hydrogen-bond donors (Lipinski definition) is 1. The van der Waals surface area contributed by atoms with Crippen molar-refractivity contribution in [3.05, 3.63) is 70.9 Å². The van der Waals surface area contributed by atoms with E-state index >= 15 is 0 Å². The maximum Gasteiger partial charge on any atom is 0.276 e. The number of carbonyl (C=O) groups excluding carboxylic acids is 1. The van der Waals surface area contributed by atoms with Gasteiger partial charge in [-0.1, -0.05) is 35.9 Å². The summed E-state index contributed by atoms with van der Waals surface area (Å²) in [5.41, 5.74) is 5.90. The molecule has 7 heteroatoms. The maximum atomic E-state index is 12.9. The maximum absolute atomic E-state index is 12.9. The van der Waals surface area contributed by atoms with Crippen molar-refractivity contribution in [2.24, 2.45) is 0 Å². The highest BCUT2D eigenvalue weighted by atomic mass is 32.2. The number of amides is 1. The molecule has 1 fully saturated rings. The first-order valence-corrected chi connectivity index (χ1v) is 11.8. The molecule has 30 heavy (non-hydrogen) atoms. The highest BCUT2D eigenvalue weighted by Crippen LogP contribution is 2.30. The standard InChI is InChI=1S/C23H25N3O3S/c1-15-4-6-18(7-5-15)22-13-21(25-26(22)20-8-9-30(28,29)14-20)23(27)24-19-11-16(2)10-17(3)12-19/h4-7,10-13,20H,8-9,14H2,1-3H3,(H,24,27)/t20-/m1/s1. The van der Waals surface area contributed by atoms with Crippen LogP contribution in [0.4, 0.5) is 5.69 Å². The van der Waals surface area contributed by atoms with Crippen molar-refractivity contribution >= 4 is 21.4 Å². The molecule has 156 valence electrons. The number of nitrogens with zero attached hydrogens (tertiary/aromatic N) is 2. The van der Waals surface area contributed by atoms with Crippen molar-refractivity contribution in [1.82, 2.24) is 9.78 Å². The summed E-state index contributed by atoms with van der Waals surface area (Å²) in [7, 11) is -3.08. The summed E-state index contributed by atoms with van der Waals surface area (Å²) in [6.07, 6.45) is 0.501. The van der Waals surface area contributed by atoms with Crippen LogP contribution in [0.5, 0.6) is 0 Å². The van der Waals surface area contributed by atoms with Crippen LogP contribution in [0.3, 0.4) is 0 Å². The Labute approximate surface area is 176 Å². The number of anilines is 1. The van der Waals surface area contributed by atoms with E-state index in [1.807, 2.05) is 63.2 Å². The minimum absolute atomic E-state index is 0.0473. The lowest BCUT2D eigenvalue weighted by molar-refractivity contribution is 0.102. The van der Waals surface area contributed by atoms with E-state index in [1.54, 1.807) is 10.7 Å². The molecule has 1 amide bonds. The molecule has 0 radical (unpaired) electrons. The van der Waals surface area contributed by atoms with E-state index in [0.29, 0.717) is 12.1 Å². The normalized spacial score (nSPS) is 17.8. The highest BCUT2D eigenvalue weighted by molar-refractivity contribution is 7.91. The third kappa shape index (κ3) is 4.31. The van der Waals surface area contributed by atoms with Crippen LogP contribution in [0.25, 0.3) is 11.3 Å². The van der Waals surface area contributed by atoms with E-state index in [0.717, 1.165) is 27.9 Å². The SMILES string of the molecule is Cc1ccc(-c2cc(C(=O)Nc3cc(C)cc(C)c3)nn2[C@@H]2CCS(=O)(=O)C2)cc1. The van der Waals surface area contributed by atoms with Gasteiger partial charge >= 0.3 is 0 Å². The summed E-state index contributed by atoms with van der Waals surface area (Å²) in [4.78, 5) is 12.9. The van der Waals surface area contributed by atoms with E-state index < -0.39 is 9.84 Å². The fourth-order valence-corrected chi connectivity index (χ4v) is 5.63. The minimum atomic E-state index is -3.08. The summed E-state index contributed by atoms with van der Waals surface area (Å²) in [5.74, 6) is -0.117. The molecule has 0 unspecified atom stereocenters. The zero-order valence-corrected chi connectivity index (χ0v) is 18.2. The van der Waals surface area contributed by atoms with Gasteiger partial charge in [0, 0.05) is 5.69 Å². The van der Waals surface area contributed by atoms with Gasteiger partial charge in [-0.05, 0) is 62.1 Å². The summed E-state index contributed by atoms with van der Waals surface area (Å²) >= 11 is 0. The minimum Gasteiger partial charge on any atom is -0.321 e. The zero-order chi connectivity index (χ0) is 21.5. The summed E-state index contributed by atoms with van der Waals surface area (Å²) in [6.45, 7) is 5.97. The lowest BCUT2D eigenvalue weighted by Gasteiger charge is -2.13. The largest absolute Gasteiger partial charge is 0.321 e. The topological polar surface area (TPSA) is 81.1 Å². The number of nitrogens with one attached hydrogen (secondary N) is 1. The highest BCUT2D eigenvalue weighted by Gasteiger charge is 2.32. The number of carbonyl (C=O) groups is 1. The Morgan fingerprint density at radius 1 is 1.00 bits per heavy atom. The number of aromatic nitrogens is 2. The molecule has 1 aromatic heterocycles. The molecule has 0 spiro atoms. The molecule has 1 atom stereocenters. The van der Waals surface area contributed by atoms with E-state index in [4.69, 9.17) is 0 Å². The molecule has 1 aliphatic rings. The Hall–Kier alpha value is -2.93. The fraction of sp³-hybridized carbons (Fsp3) is 0.304. The van der Waals surface area contributed by atoms with Crippen LogP contribution in [-0.4, -0.2) is 35.6 Å². The van der Waals surface area contributed by atoms with E-state index in [9.17, 15) is 13.2 Å². The van der Waals surface area contributed by atoms with Crippen molar-refractivity contribution in [3.8, 4) is 11.3 Å². The van der Waals surface area contributed by atoms with Gasteiger partial charge in [0.25, 0.3) is 5.91 Å². The third-order valence-electron chi connectivity index (χ3n) is 5.35. The van der Waals surface area contributed by atoms with Crippen LogP contribution in [-0.2, 0) is 9.84 Å². The molecular formula is C23H25N3O3S. The molecular weight excluding hydrogens is 398 g/mol. The molecule has 2 aromatic carbocycles. The van der Waals surface area contributed by atoms with Crippen LogP contribution in [0.2, 0.25) is 0 Å². The number of sulfone groups is 1. The van der Waals surface area contributed by atoms with Crippen molar-refractivity contribution in [3.63, 3.8) is 0 Å². The van der Waals surface area contributed by atoms with Gasteiger partial charge in [0.15, 0.2) is 15.5 Å². The van der Waals surface area contributed by atoms with Crippen molar-refractivity contribution < 1.29 is 13.2 Å². The molecule has 3 aromatic rings. The zero-order valence-electron chi connectivity index (χ0n) is 17.3. The lowest BCUT2D eigenvalue weighted by atomic mass is 10.1. The van der Waals surface area contributed by atoms with E-state index in [2.05, 4.69) is 10.4 Å². The van der Waals surface area contributed by atoms with Gasteiger partial charge in [-0.15, -0.1) is 0 Å². The van der Waals surface area contributed by atoms with Gasteiger partial charge in [0.05, 0.1) is 23.2 Å². The predicted molar refractivity (Wildman–Crippen MR) is 119 cm³/mol. The smallest absolute Gasteiger partial charge is 0.276 e. The Bertz CT molecular complexity index is 1190. The van der Waals surface area contributed by atoms with Crippen LogP contribution in [0.1, 0.15) is 39.6 Å². The molecule has 4 rings (SSSR count). The molecule has 1 aliphatic heterocycles. The Balaban J connectivity index is 1.71. The molecule has 0 saturated carbocycles. The molecule has 1 saturated heterocycles. The average molecular weight is 424 g/mol. The monoisotopic (exact) mass is 423 g/mol. The molecule has 0 aliphatic carbocycles. The first-order valence-electron chi connectivity index (χ1n) is 9.97. The molecule has 2 heterocycles. The quantitative estimate of drug-likeness (QED) is 0.685. The van der Waals surface area contributed by atoms with Crippen LogP contribution < -0.4 is 5.32 Å². The lowest BCUT2D eigenvalue weighted by Crippen LogP contribution is -2.16. The number of rotatable bonds is 4. The molecule has 1 N–H and O–H groups in total. The Morgan fingerprint density at radius 3 is 2.27 bits per heavy atom. The Morgan fingerprint density at radius 2 is 1.67 bits per heavy atom. The Kier molecular flexibility index (Phi) is 5.24. The fourth-order valence-electron chi connectivity index (χ4n) is 3.93. The number of hydrogen-bond acceptors (Lipinski definition) is 4. The third-order valence-corrected chi connectivity index (χ3v) is 7.10. The van der Waals surface area contributed by atoms with Crippen molar-refractivity contribution in [1.29, 1.82) is 0 Å². The molecule has 0 bridgehead atoms. The van der Waals surface area contributed by atoms with Crippen LogP contribution in [0.15, 0.2) is 48.5 Å².